The highest BCUT2D eigenvalue weighted by atomic mass is 127. The van der Waals surface area contributed by atoms with E-state index in [4.69, 9.17) is 0 Å². The maximum atomic E-state index is 11.1. The normalized spacial score (nSPS) is 17.4. The standard InChI is InChI=1S/C9H19N5O.HI/c1-10-9(11-2)13-4-6-14-5-3-12-8(15)7-14;/h3-7H2,1-2H3,(H,12,15)(H2,10,11,13);1H. The van der Waals surface area contributed by atoms with Gasteiger partial charge in [-0.15, -0.1) is 24.0 Å². The van der Waals surface area contributed by atoms with Gasteiger partial charge in [-0.25, -0.2) is 0 Å². The summed E-state index contributed by atoms with van der Waals surface area (Å²) >= 11 is 0. The average Bonchev–Trinajstić information content (AvgIpc) is 2.25. The molecule has 1 saturated heterocycles. The zero-order valence-electron chi connectivity index (χ0n) is 9.75. The lowest BCUT2D eigenvalue weighted by atomic mass is 10.3. The molecular weight excluding hydrogens is 321 g/mol. The van der Waals surface area contributed by atoms with Crippen molar-refractivity contribution in [3.8, 4) is 0 Å². The van der Waals surface area contributed by atoms with E-state index in [9.17, 15) is 4.79 Å². The number of rotatable bonds is 3. The molecule has 0 bridgehead atoms. The van der Waals surface area contributed by atoms with Crippen LogP contribution in [0.5, 0.6) is 0 Å². The fraction of sp³-hybridized carbons (Fsp3) is 0.778. The maximum Gasteiger partial charge on any atom is 0.234 e. The first-order chi connectivity index (χ1) is 7.26. The highest BCUT2D eigenvalue weighted by Gasteiger charge is 2.14. The second kappa shape index (κ2) is 8.57. The lowest BCUT2D eigenvalue weighted by molar-refractivity contribution is -0.124. The third-order valence-electron chi connectivity index (χ3n) is 2.30. The van der Waals surface area contributed by atoms with E-state index in [0.29, 0.717) is 6.54 Å². The molecule has 0 aromatic heterocycles. The number of carbonyl (C=O) groups excluding carboxylic acids is 1. The quantitative estimate of drug-likeness (QED) is 0.344. The summed E-state index contributed by atoms with van der Waals surface area (Å²) in [6, 6.07) is 0. The molecule has 6 nitrogen and oxygen atoms in total. The van der Waals surface area contributed by atoms with Crippen LogP contribution in [-0.4, -0.2) is 63.6 Å². The first kappa shape index (κ1) is 15.4. The SMILES string of the molecule is CN=C(NC)NCCN1CCNC(=O)C1.I. The minimum atomic E-state index is 0. The number of amides is 1. The Hall–Kier alpha value is -0.570. The van der Waals surface area contributed by atoms with Crippen molar-refractivity contribution >= 4 is 35.8 Å². The minimum absolute atomic E-state index is 0. The fourth-order valence-electron chi connectivity index (χ4n) is 1.49. The van der Waals surface area contributed by atoms with Crippen LogP contribution in [0.3, 0.4) is 0 Å². The van der Waals surface area contributed by atoms with E-state index in [1.807, 2.05) is 7.05 Å². The van der Waals surface area contributed by atoms with Gasteiger partial charge >= 0.3 is 0 Å². The van der Waals surface area contributed by atoms with Gasteiger partial charge in [0.25, 0.3) is 0 Å². The molecule has 0 saturated carbocycles. The molecule has 3 N–H and O–H groups in total. The number of nitrogens with zero attached hydrogens (tertiary/aromatic N) is 2. The number of carbonyl (C=O) groups is 1. The molecule has 0 unspecified atom stereocenters. The summed E-state index contributed by atoms with van der Waals surface area (Å²) in [6.07, 6.45) is 0. The van der Waals surface area contributed by atoms with Crippen molar-refractivity contribution in [1.29, 1.82) is 0 Å². The molecule has 1 fully saturated rings. The Morgan fingerprint density at radius 2 is 2.38 bits per heavy atom. The van der Waals surface area contributed by atoms with Gasteiger partial charge in [0, 0.05) is 40.3 Å². The van der Waals surface area contributed by atoms with Gasteiger partial charge in [0.2, 0.25) is 5.91 Å². The molecule has 0 atom stereocenters. The van der Waals surface area contributed by atoms with E-state index >= 15 is 0 Å². The third kappa shape index (κ3) is 5.50. The monoisotopic (exact) mass is 341 g/mol. The van der Waals surface area contributed by atoms with Crippen LogP contribution in [-0.2, 0) is 4.79 Å². The summed E-state index contributed by atoms with van der Waals surface area (Å²) in [5, 5.41) is 8.88. The molecule has 1 aliphatic heterocycles. The van der Waals surface area contributed by atoms with E-state index in [1.165, 1.54) is 0 Å². The van der Waals surface area contributed by atoms with Crippen LogP contribution in [0.4, 0.5) is 0 Å². The van der Waals surface area contributed by atoms with E-state index in [1.54, 1.807) is 7.05 Å². The smallest absolute Gasteiger partial charge is 0.234 e. The predicted molar refractivity (Wildman–Crippen MR) is 75.3 cm³/mol. The van der Waals surface area contributed by atoms with E-state index in [0.717, 1.165) is 32.1 Å². The maximum absolute atomic E-state index is 11.1. The van der Waals surface area contributed by atoms with Crippen molar-refractivity contribution in [2.24, 2.45) is 4.99 Å². The molecule has 94 valence electrons. The van der Waals surface area contributed by atoms with Gasteiger partial charge in [-0.2, -0.15) is 0 Å². The largest absolute Gasteiger partial charge is 0.359 e. The molecule has 0 aliphatic carbocycles. The number of hydrogen-bond acceptors (Lipinski definition) is 3. The molecule has 0 spiro atoms. The fourth-order valence-corrected chi connectivity index (χ4v) is 1.49. The lowest BCUT2D eigenvalue weighted by Crippen LogP contribution is -2.50. The Balaban J connectivity index is 0.00000225. The van der Waals surface area contributed by atoms with Crippen molar-refractivity contribution in [2.45, 2.75) is 0 Å². The van der Waals surface area contributed by atoms with Gasteiger partial charge in [-0.05, 0) is 0 Å². The number of nitrogens with one attached hydrogen (secondary N) is 3. The number of piperazine rings is 1. The highest BCUT2D eigenvalue weighted by molar-refractivity contribution is 14.0. The van der Waals surface area contributed by atoms with Crippen molar-refractivity contribution in [3.05, 3.63) is 0 Å². The minimum Gasteiger partial charge on any atom is -0.359 e. The Kier molecular flexibility index (Phi) is 8.26. The molecule has 0 radical (unpaired) electrons. The van der Waals surface area contributed by atoms with Crippen LogP contribution < -0.4 is 16.0 Å². The van der Waals surface area contributed by atoms with Crippen molar-refractivity contribution in [1.82, 2.24) is 20.9 Å². The summed E-state index contributed by atoms with van der Waals surface area (Å²) in [7, 11) is 3.55. The molecule has 0 aromatic carbocycles. The van der Waals surface area contributed by atoms with Crippen LogP contribution >= 0.6 is 24.0 Å². The van der Waals surface area contributed by atoms with Crippen LogP contribution in [0.25, 0.3) is 0 Å². The summed E-state index contributed by atoms with van der Waals surface area (Å²) in [5.74, 6) is 0.885. The molecule has 16 heavy (non-hydrogen) atoms. The summed E-state index contributed by atoms with van der Waals surface area (Å²) in [6.45, 7) is 3.82. The average molecular weight is 341 g/mol. The first-order valence-corrected chi connectivity index (χ1v) is 5.13. The highest BCUT2D eigenvalue weighted by Crippen LogP contribution is 1.91. The van der Waals surface area contributed by atoms with Crippen molar-refractivity contribution in [3.63, 3.8) is 0 Å². The zero-order valence-corrected chi connectivity index (χ0v) is 12.1. The van der Waals surface area contributed by atoms with Crippen molar-refractivity contribution < 1.29 is 4.79 Å². The second-order valence-corrected chi connectivity index (χ2v) is 3.38. The molecular formula is C9H20IN5O. The van der Waals surface area contributed by atoms with E-state index < -0.39 is 0 Å². The Morgan fingerprint density at radius 1 is 1.62 bits per heavy atom. The third-order valence-corrected chi connectivity index (χ3v) is 2.30. The molecule has 1 rings (SSSR count). The van der Waals surface area contributed by atoms with Gasteiger partial charge < -0.3 is 16.0 Å². The lowest BCUT2D eigenvalue weighted by Gasteiger charge is -2.26. The predicted octanol–water partition coefficient (Wildman–Crippen LogP) is -1.17. The Morgan fingerprint density at radius 3 is 2.94 bits per heavy atom. The number of guanidine groups is 1. The van der Waals surface area contributed by atoms with Crippen LogP contribution in [0.2, 0.25) is 0 Å². The van der Waals surface area contributed by atoms with Gasteiger partial charge in [0.05, 0.1) is 6.54 Å². The molecule has 1 aliphatic rings. The topological polar surface area (TPSA) is 68.8 Å². The van der Waals surface area contributed by atoms with Crippen LogP contribution in [0.1, 0.15) is 0 Å². The first-order valence-electron chi connectivity index (χ1n) is 5.13. The molecule has 1 heterocycles. The molecule has 0 aromatic rings. The van der Waals surface area contributed by atoms with Gasteiger partial charge in [-0.1, -0.05) is 0 Å². The number of aliphatic imine (C=N–C) groups is 1. The van der Waals surface area contributed by atoms with Crippen molar-refractivity contribution in [2.75, 3.05) is 46.8 Å². The van der Waals surface area contributed by atoms with E-state index in [2.05, 4.69) is 25.8 Å². The number of halogens is 1. The van der Waals surface area contributed by atoms with Crippen LogP contribution in [0.15, 0.2) is 4.99 Å². The number of hydrogen-bond donors (Lipinski definition) is 3. The Bertz CT molecular complexity index is 246. The van der Waals surface area contributed by atoms with Crippen LogP contribution in [0, 0.1) is 0 Å². The van der Waals surface area contributed by atoms with Gasteiger partial charge in [-0.3, -0.25) is 14.7 Å². The van der Waals surface area contributed by atoms with E-state index in [-0.39, 0.29) is 29.9 Å². The summed E-state index contributed by atoms with van der Waals surface area (Å²) in [4.78, 5) is 17.2. The zero-order chi connectivity index (χ0) is 11.1. The molecule has 1 amide bonds. The molecule has 7 heteroatoms. The van der Waals surface area contributed by atoms with Gasteiger partial charge in [0.1, 0.15) is 0 Å². The summed E-state index contributed by atoms with van der Waals surface area (Å²) in [5.41, 5.74) is 0. The Labute approximate surface area is 113 Å². The second-order valence-electron chi connectivity index (χ2n) is 3.38. The summed E-state index contributed by atoms with van der Waals surface area (Å²) < 4.78 is 0. The van der Waals surface area contributed by atoms with Gasteiger partial charge in [0.15, 0.2) is 5.96 Å².